The average Bonchev–Trinajstić information content (AvgIpc) is 3.26. The molecule has 31 heavy (non-hydrogen) atoms. The number of carbonyl (C=O) groups excluding carboxylic acids is 5. The highest BCUT2D eigenvalue weighted by Crippen LogP contribution is 2.30. The van der Waals surface area contributed by atoms with Gasteiger partial charge in [-0.25, -0.2) is 0 Å². The summed E-state index contributed by atoms with van der Waals surface area (Å²) in [7, 11) is 0. The lowest BCUT2D eigenvalue weighted by molar-refractivity contribution is -0.385. The van der Waals surface area contributed by atoms with E-state index >= 15 is 0 Å². The van der Waals surface area contributed by atoms with Crippen molar-refractivity contribution < 1.29 is 33.6 Å². The fourth-order valence-corrected chi connectivity index (χ4v) is 3.64. The zero-order valence-electron chi connectivity index (χ0n) is 15.8. The van der Waals surface area contributed by atoms with Crippen LogP contribution in [0.2, 0.25) is 0 Å². The first-order valence-corrected chi connectivity index (χ1v) is 9.51. The van der Waals surface area contributed by atoms with Crippen LogP contribution in [-0.4, -0.2) is 52.1 Å². The van der Waals surface area contributed by atoms with Crippen LogP contribution in [0.3, 0.4) is 0 Å². The van der Waals surface area contributed by atoms with E-state index in [0.29, 0.717) is 4.90 Å². The number of primary amides is 1. The number of amides is 4. The Morgan fingerprint density at radius 2 is 1.97 bits per heavy atom. The largest absolute Gasteiger partial charge is 0.451 e. The van der Waals surface area contributed by atoms with Crippen molar-refractivity contribution in [1.29, 1.82) is 0 Å². The molecule has 0 radical (unpaired) electrons. The molecule has 1 aliphatic heterocycles. The third kappa shape index (κ3) is 4.11. The third-order valence-electron chi connectivity index (χ3n) is 4.31. The molecule has 0 spiro atoms. The minimum absolute atomic E-state index is 0.0875. The number of imide groups is 1. The molecule has 0 saturated heterocycles. The molecule has 1 atom stereocenters. The predicted molar refractivity (Wildman–Crippen MR) is 105 cm³/mol. The number of fused-ring (bicyclic) bond motifs is 1. The van der Waals surface area contributed by atoms with E-state index in [9.17, 15) is 34.1 Å². The van der Waals surface area contributed by atoms with Gasteiger partial charge in [0.2, 0.25) is 0 Å². The molecule has 13 heteroatoms. The van der Waals surface area contributed by atoms with E-state index in [4.69, 9.17) is 10.5 Å². The van der Waals surface area contributed by atoms with Gasteiger partial charge in [-0.1, -0.05) is 6.07 Å². The van der Waals surface area contributed by atoms with E-state index in [1.54, 1.807) is 0 Å². The maximum absolute atomic E-state index is 12.5. The summed E-state index contributed by atoms with van der Waals surface area (Å²) in [6, 6.07) is 4.98. The lowest BCUT2D eigenvalue weighted by Crippen LogP contribution is -2.38. The van der Waals surface area contributed by atoms with Crippen molar-refractivity contribution >= 4 is 51.6 Å². The maximum atomic E-state index is 12.5. The highest BCUT2D eigenvalue weighted by molar-refractivity contribution is 7.14. The zero-order valence-corrected chi connectivity index (χ0v) is 16.6. The highest BCUT2D eigenvalue weighted by atomic mass is 32.1. The molecule has 1 aromatic carbocycles. The van der Waals surface area contributed by atoms with Crippen LogP contribution >= 0.6 is 11.3 Å². The molecule has 0 bridgehead atoms. The van der Waals surface area contributed by atoms with Gasteiger partial charge in [0.05, 0.1) is 16.1 Å². The molecule has 2 heterocycles. The minimum atomic E-state index is -1.33. The number of hydrogen-bond acceptors (Lipinski definition) is 9. The first-order chi connectivity index (χ1) is 14.6. The van der Waals surface area contributed by atoms with Crippen LogP contribution in [0, 0.1) is 10.1 Å². The van der Waals surface area contributed by atoms with Gasteiger partial charge in [0, 0.05) is 6.07 Å². The van der Waals surface area contributed by atoms with Gasteiger partial charge in [-0.2, -0.15) is 0 Å². The molecular formula is C18H14N4O8S. The average molecular weight is 446 g/mol. The van der Waals surface area contributed by atoms with Crippen LogP contribution in [0.15, 0.2) is 29.6 Å². The number of benzene rings is 1. The van der Waals surface area contributed by atoms with Crippen LogP contribution in [0.1, 0.15) is 38.0 Å². The number of anilines is 1. The summed E-state index contributed by atoms with van der Waals surface area (Å²) in [5.41, 5.74) is 4.12. The van der Waals surface area contributed by atoms with E-state index in [0.717, 1.165) is 17.4 Å². The van der Waals surface area contributed by atoms with Crippen molar-refractivity contribution in [2.45, 2.75) is 13.0 Å². The van der Waals surface area contributed by atoms with Crippen LogP contribution in [0.5, 0.6) is 0 Å². The van der Waals surface area contributed by atoms with Crippen molar-refractivity contribution in [2.24, 2.45) is 5.73 Å². The zero-order chi connectivity index (χ0) is 22.9. The van der Waals surface area contributed by atoms with Gasteiger partial charge in [-0.3, -0.25) is 39.0 Å². The monoisotopic (exact) mass is 446 g/mol. The van der Waals surface area contributed by atoms with Crippen molar-refractivity contribution in [3.05, 3.63) is 56.5 Å². The Kier molecular flexibility index (Phi) is 5.79. The Morgan fingerprint density at radius 1 is 1.26 bits per heavy atom. The Hall–Kier alpha value is -4.13. The molecule has 12 nitrogen and oxygen atoms in total. The lowest BCUT2D eigenvalue weighted by Gasteiger charge is -2.16. The Morgan fingerprint density at radius 3 is 2.61 bits per heavy atom. The summed E-state index contributed by atoms with van der Waals surface area (Å²) in [5.74, 6) is -4.49. The van der Waals surface area contributed by atoms with Crippen molar-refractivity contribution in [1.82, 2.24) is 4.90 Å². The summed E-state index contributed by atoms with van der Waals surface area (Å²) < 4.78 is 4.95. The molecule has 3 rings (SSSR count). The number of esters is 1. The normalized spacial score (nSPS) is 13.5. The van der Waals surface area contributed by atoms with Gasteiger partial charge < -0.3 is 15.8 Å². The van der Waals surface area contributed by atoms with Crippen LogP contribution in [0.25, 0.3) is 0 Å². The molecule has 0 saturated carbocycles. The van der Waals surface area contributed by atoms with Gasteiger partial charge in [0.15, 0.2) is 6.10 Å². The van der Waals surface area contributed by atoms with E-state index in [1.807, 2.05) is 0 Å². The number of hydrogen-bond donors (Lipinski definition) is 2. The molecule has 0 aliphatic carbocycles. The van der Waals surface area contributed by atoms with E-state index in [1.165, 1.54) is 30.5 Å². The standard InChI is InChI=1S/C18H14N4O8S/c1-8(15(25)20-16-10(14(19)24)5-6-31-16)30-12(23)7-21-17(26)9-3-2-4-11(22(28)29)13(9)18(21)27/h2-6,8H,7H2,1H3,(H2,19,24)(H,20,25). The fourth-order valence-electron chi connectivity index (χ4n) is 2.84. The van der Waals surface area contributed by atoms with E-state index in [-0.39, 0.29) is 16.1 Å². The second kappa shape index (κ2) is 8.31. The molecule has 1 unspecified atom stereocenters. The van der Waals surface area contributed by atoms with Gasteiger partial charge in [-0.15, -0.1) is 11.3 Å². The number of nitrogens with one attached hydrogen (secondary N) is 1. The number of nitro benzene ring substituents is 1. The highest BCUT2D eigenvalue weighted by Gasteiger charge is 2.42. The Balaban J connectivity index is 1.66. The molecule has 160 valence electrons. The number of ether oxygens (including phenoxy) is 1. The fraction of sp³-hybridized carbons (Fsp3) is 0.167. The Labute approximate surface area is 177 Å². The molecule has 1 aliphatic rings. The summed E-state index contributed by atoms with van der Waals surface area (Å²) in [6.07, 6.45) is -1.33. The second-order valence-electron chi connectivity index (χ2n) is 6.30. The summed E-state index contributed by atoms with van der Waals surface area (Å²) in [6.45, 7) is 0.407. The summed E-state index contributed by atoms with van der Waals surface area (Å²) in [5, 5.41) is 15.2. The minimum Gasteiger partial charge on any atom is -0.451 e. The summed E-state index contributed by atoms with van der Waals surface area (Å²) in [4.78, 5) is 71.4. The number of carbonyl (C=O) groups is 5. The van der Waals surface area contributed by atoms with Gasteiger partial charge in [-0.05, 0) is 24.4 Å². The SMILES string of the molecule is CC(OC(=O)CN1C(=O)c2cccc([N+](=O)[O-])c2C1=O)C(=O)Nc1sccc1C(N)=O. The van der Waals surface area contributed by atoms with E-state index < -0.39 is 58.4 Å². The molecule has 4 amide bonds. The van der Waals surface area contributed by atoms with Crippen LogP contribution in [0.4, 0.5) is 10.7 Å². The lowest BCUT2D eigenvalue weighted by atomic mass is 10.1. The number of nitro groups is 1. The van der Waals surface area contributed by atoms with Crippen molar-refractivity contribution in [3.8, 4) is 0 Å². The molecular weight excluding hydrogens is 432 g/mol. The third-order valence-corrected chi connectivity index (χ3v) is 5.14. The van der Waals surface area contributed by atoms with Gasteiger partial charge >= 0.3 is 5.97 Å². The molecule has 3 N–H and O–H groups in total. The number of rotatable bonds is 7. The predicted octanol–water partition coefficient (Wildman–Crippen LogP) is 0.922. The first-order valence-electron chi connectivity index (χ1n) is 8.63. The Bertz CT molecular complexity index is 1140. The first kappa shape index (κ1) is 21.6. The number of thiophene rings is 1. The quantitative estimate of drug-likeness (QED) is 0.273. The maximum Gasteiger partial charge on any atom is 0.326 e. The van der Waals surface area contributed by atoms with Crippen LogP contribution < -0.4 is 11.1 Å². The van der Waals surface area contributed by atoms with Crippen LogP contribution in [-0.2, 0) is 14.3 Å². The van der Waals surface area contributed by atoms with Crippen molar-refractivity contribution in [3.63, 3.8) is 0 Å². The molecule has 1 aromatic heterocycles. The van der Waals surface area contributed by atoms with Crippen molar-refractivity contribution in [2.75, 3.05) is 11.9 Å². The summed E-state index contributed by atoms with van der Waals surface area (Å²) >= 11 is 1.04. The molecule has 0 fully saturated rings. The number of nitrogens with two attached hydrogens (primary N) is 1. The van der Waals surface area contributed by atoms with Gasteiger partial charge in [0.25, 0.3) is 29.3 Å². The number of nitrogens with zero attached hydrogens (tertiary/aromatic N) is 2. The van der Waals surface area contributed by atoms with Gasteiger partial charge in [0.1, 0.15) is 17.1 Å². The topological polar surface area (TPSA) is 179 Å². The smallest absolute Gasteiger partial charge is 0.326 e. The second-order valence-corrected chi connectivity index (χ2v) is 7.22. The molecule has 2 aromatic rings. The van der Waals surface area contributed by atoms with E-state index in [2.05, 4.69) is 5.32 Å².